The summed E-state index contributed by atoms with van der Waals surface area (Å²) in [4.78, 5) is 11.0. The minimum Gasteiger partial charge on any atom is -0.493 e. The van der Waals surface area contributed by atoms with Gasteiger partial charge in [0.25, 0.3) is 0 Å². The van der Waals surface area contributed by atoms with E-state index in [1.165, 1.54) is 19.8 Å². The third-order valence-corrected chi connectivity index (χ3v) is 3.45. The third-order valence-electron chi connectivity index (χ3n) is 3.45. The molecule has 0 aromatic heterocycles. The fourth-order valence-corrected chi connectivity index (χ4v) is 2.17. The highest BCUT2D eigenvalue weighted by Gasteiger charge is 2.21. The van der Waals surface area contributed by atoms with E-state index in [1.807, 2.05) is 42.5 Å². The van der Waals surface area contributed by atoms with Crippen molar-refractivity contribution in [2.75, 3.05) is 6.61 Å². The molecule has 0 saturated heterocycles. The summed E-state index contributed by atoms with van der Waals surface area (Å²) in [6.45, 7) is 2.20. The molecule has 3 heteroatoms. The van der Waals surface area contributed by atoms with Crippen molar-refractivity contribution in [1.29, 1.82) is 0 Å². The molecule has 1 fully saturated rings. The minimum atomic E-state index is -0.311. The summed E-state index contributed by atoms with van der Waals surface area (Å²) >= 11 is 0. The number of hydrogen-bond donors (Lipinski definition) is 0. The largest absolute Gasteiger partial charge is 0.493 e. The van der Waals surface area contributed by atoms with E-state index in [9.17, 15) is 4.79 Å². The lowest BCUT2D eigenvalue weighted by atomic mass is 10.1. The fourth-order valence-electron chi connectivity index (χ4n) is 2.17. The summed E-state index contributed by atoms with van der Waals surface area (Å²) < 4.78 is 10.9. The Hall–Kier alpha value is -2.29. The Morgan fingerprint density at radius 3 is 2.29 bits per heavy atom. The number of benzene rings is 2. The number of carbonyl (C=O) groups excluding carboxylic acids is 1. The van der Waals surface area contributed by atoms with E-state index < -0.39 is 0 Å². The van der Waals surface area contributed by atoms with Crippen LogP contribution in [0.4, 0.5) is 0 Å². The van der Waals surface area contributed by atoms with E-state index in [-0.39, 0.29) is 5.97 Å². The number of hydrogen-bond acceptors (Lipinski definition) is 3. The molecule has 1 aliphatic rings. The zero-order valence-corrected chi connectivity index (χ0v) is 12.0. The van der Waals surface area contributed by atoms with Crippen LogP contribution in [0, 0.1) is 5.92 Å². The molecule has 0 unspecified atom stereocenters. The van der Waals surface area contributed by atoms with Gasteiger partial charge in [0.1, 0.15) is 11.5 Å². The molecule has 0 atom stereocenters. The van der Waals surface area contributed by atoms with Gasteiger partial charge in [-0.2, -0.15) is 0 Å². The fraction of sp³-hybridized carbons (Fsp3) is 0.278. The second kappa shape index (κ2) is 6.00. The van der Waals surface area contributed by atoms with Gasteiger partial charge in [0.05, 0.1) is 6.61 Å². The summed E-state index contributed by atoms with van der Waals surface area (Å²) in [6.07, 6.45) is 2.56. The molecule has 21 heavy (non-hydrogen) atoms. The minimum absolute atomic E-state index is 0.311. The molecular formula is C18H18O3. The zero-order valence-electron chi connectivity index (χ0n) is 12.0. The highest BCUT2D eigenvalue weighted by Crippen LogP contribution is 2.31. The van der Waals surface area contributed by atoms with Gasteiger partial charge in [-0.15, -0.1) is 0 Å². The van der Waals surface area contributed by atoms with Crippen LogP contribution in [0.1, 0.15) is 19.8 Å². The summed E-state index contributed by atoms with van der Waals surface area (Å²) in [5.74, 6) is 1.87. The number of carbonyl (C=O) groups is 1. The standard InChI is InChI=1S/C18H18O3/c1-13(19)21-18-7-3-5-16(11-18)15-4-2-6-17(10-15)20-12-14-8-9-14/h2-7,10-11,14H,8-9,12H2,1H3. The molecule has 1 aliphatic carbocycles. The molecule has 1 saturated carbocycles. The number of esters is 1. The quantitative estimate of drug-likeness (QED) is 0.612. The van der Waals surface area contributed by atoms with Gasteiger partial charge in [-0.1, -0.05) is 24.3 Å². The van der Waals surface area contributed by atoms with E-state index in [2.05, 4.69) is 0 Å². The van der Waals surface area contributed by atoms with Crippen molar-refractivity contribution in [3.05, 3.63) is 48.5 Å². The molecular weight excluding hydrogens is 264 g/mol. The Morgan fingerprint density at radius 1 is 1.05 bits per heavy atom. The summed E-state index contributed by atoms with van der Waals surface area (Å²) in [6, 6.07) is 15.5. The molecule has 0 aliphatic heterocycles. The van der Waals surface area contributed by atoms with E-state index in [4.69, 9.17) is 9.47 Å². The molecule has 2 aromatic rings. The lowest BCUT2D eigenvalue weighted by Crippen LogP contribution is -2.01. The van der Waals surface area contributed by atoms with Crippen LogP contribution < -0.4 is 9.47 Å². The Balaban J connectivity index is 1.78. The van der Waals surface area contributed by atoms with Crippen molar-refractivity contribution in [2.45, 2.75) is 19.8 Å². The molecule has 108 valence electrons. The second-order valence-corrected chi connectivity index (χ2v) is 5.40. The Labute approximate surface area is 124 Å². The van der Waals surface area contributed by atoms with Crippen molar-refractivity contribution in [1.82, 2.24) is 0 Å². The van der Waals surface area contributed by atoms with Gasteiger partial charge >= 0.3 is 5.97 Å². The van der Waals surface area contributed by atoms with Crippen LogP contribution in [0.5, 0.6) is 11.5 Å². The maximum Gasteiger partial charge on any atom is 0.308 e. The molecule has 0 spiro atoms. The smallest absolute Gasteiger partial charge is 0.308 e. The number of ether oxygens (including phenoxy) is 2. The van der Waals surface area contributed by atoms with Crippen LogP contribution in [0.2, 0.25) is 0 Å². The normalized spacial score (nSPS) is 13.8. The topological polar surface area (TPSA) is 35.5 Å². The van der Waals surface area contributed by atoms with E-state index in [1.54, 1.807) is 6.07 Å². The van der Waals surface area contributed by atoms with Crippen molar-refractivity contribution >= 4 is 5.97 Å². The first-order valence-electron chi connectivity index (χ1n) is 7.22. The SMILES string of the molecule is CC(=O)Oc1cccc(-c2cccc(OCC3CC3)c2)c1. The van der Waals surface area contributed by atoms with Crippen molar-refractivity contribution in [3.8, 4) is 22.6 Å². The zero-order chi connectivity index (χ0) is 14.7. The molecule has 3 rings (SSSR count). The summed E-state index contributed by atoms with van der Waals surface area (Å²) in [7, 11) is 0. The van der Waals surface area contributed by atoms with Crippen molar-refractivity contribution in [2.24, 2.45) is 5.92 Å². The van der Waals surface area contributed by atoms with Gasteiger partial charge in [0, 0.05) is 6.92 Å². The van der Waals surface area contributed by atoms with Gasteiger partial charge in [0.2, 0.25) is 0 Å². The van der Waals surface area contributed by atoms with Gasteiger partial charge in [-0.3, -0.25) is 4.79 Å². The molecule has 0 radical (unpaired) electrons. The first-order chi connectivity index (χ1) is 10.2. The third kappa shape index (κ3) is 3.85. The molecule has 0 N–H and O–H groups in total. The predicted molar refractivity (Wildman–Crippen MR) is 81.4 cm³/mol. The van der Waals surface area contributed by atoms with Crippen LogP contribution >= 0.6 is 0 Å². The van der Waals surface area contributed by atoms with Crippen molar-refractivity contribution in [3.63, 3.8) is 0 Å². The Bertz CT molecular complexity index is 644. The highest BCUT2D eigenvalue weighted by molar-refractivity contribution is 5.71. The lowest BCUT2D eigenvalue weighted by Gasteiger charge is -2.09. The first kappa shape index (κ1) is 13.7. The van der Waals surface area contributed by atoms with E-state index >= 15 is 0 Å². The maximum atomic E-state index is 11.0. The highest BCUT2D eigenvalue weighted by atomic mass is 16.5. The predicted octanol–water partition coefficient (Wildman–Crippen LogP) is 4.07. The van der Waals surface area contributed by atoms with Crippen LogP contribution in [0.3, 0.4) is 0 Å². The van der Waals surface area contributed by atoms with Crippen LogP contribution in [-0.4, -0.2) is 12.6 Å². The monoisotopic (exact) mass is 282 g/mol. The van der Waals surface area contributed by atoms with Crippen LogP contribution in [0.15, 0.2) is 48.5 Å². The summed E-state index contributed by atoms with van der Waals surface area (Å²) in [5.41, 5.74) is 2.06. The lowest BCUT2D eigenvalue weighted by molar-refractivity contribution is -0.131. The van der Waals surface area contributed by atoms with Crippen molar-refractivity contribution < 1.29 is 14.3 Å². The van der Waals surface area contributed by atoms with Gasteiger partial charge in [-0.05, 0) is 54.2 Å². The average Bonchev–Trinajstić information content (AvgIpc) is 3.29. The van der Waals surface area contributed by atoms with Crippen LogP contribution in [-0.2, 0) is 4.79 Å². The Morgan fingerprint density at radius 2 is 1.67 bits per heavy atom. The van der Waals surface area contributed by atoms with E-state index in [0.717, 1.165) is 29.4 Å². The second-order valence-electron chi connectivity index (χ2n) is 5.40. The molecule has 0 heterocycles. The van der Waals surface area contributed by atoms with E-state index in [0.29, 0.717) is 5.75 Å². The Kier molecular flexibility index (Phi) is 3.91. The van der Waals surface area contributed by atoms with Gasteiger partial charge < -0.3 is 9.47 Å². The summed E-state index contributed by atoms with van der Waals surface area (Å²) in [5, 5.41) is 0. The molecule has 0 amide bonds. The molecule has 3 nitrogen and oxygen atoms in total. The first-order valence-corrected chi connectivity index (χ1v) is 7.22. The van der Waals surface area contributed by atoms with Gasteiger partial charge in [0.15, 0.2) is 0 Å². The van der Waals surface area contributed by atoms with Crippen LogP contribution in [0.25, 0.3) is 11.1 Å². The molecule has 0 bridgehead atoms. The molecule has 2 aromatic carbocycles. The average molecular weight is 282 g/mol. The number of rotatable bonds is 5. The maximum absolute atomic E-state index is 11.0. The van der Waals surface area contributed by atoms with Gasteiger partial charge in [-0.25, -0.2) is 0 Å².